The van der Waals surface area contributed by atoms with E-state index in [0.29, 0.717) is 11.3 Å². The summed E-state index contributed by atoms with van der Waals surface area (Å²) in [7, 11) is 0. The number of aromatic nitrogens is 1. The fourth-order valence-electron chi connectivity index (χ4n) is 1.64. The second-order valence-corrected chi connectivity index (χ2v) is 4.18. The molecule has 1 aromatic carbocycles. The molecule has 1 amide bonds. The van der Waals surface area contributed by atoms with Crippen LogP contribution in [0.15, 0.2) is 48.8 Å². The molecule has 0 atom stereocenters. The Morgan fingerprint density at radius 2 is 2.00 bits per heavy atom. The first kappa shape index (κ1) is 14.3. The summed E-state index contributed by atoms with van der Waals surface area (Å²) in [5, 5.41) is 20.5. The van der Waals surface area contributed by atoms with E-state index in [1.807, 2.05) is 0 Å². The quantitative estimate of drug-likeness (QED) is 0.747. The second kappa shape index (κ2) is 6.33. The molecular weight excluding hydrogens is 272 g/mol. The lowest BCUT2D eigenvalue weighted by Crippen LogP contribution is -2.12. The van der Waals surface area contributed by atoms with Crippen molar-refractivity contribution >= 4 is 23.6 Å². The topological polar surface area (TPSA) is 99.5 Å². The van der Waals surface area contributed by atoms with Crippen LogP contribution in [0, 0.1) is 0 Å². The number of aromatic hydroxyl groups is 1. The summed E-state index contributed by atoms with van der Waals surface area (Å²) in [5.41, 5.74) is 1.38. The SMILES string of the molecule is O=C(O)/C=C/c1cccc(NC(=O)c2cncc(O)c2)c1. The van der Waals surface area contributed by atoms with Crippen LogP contribution >= 0.6 is 0 Å². The Kier molecular flexibility index (Phi) is 4.30. The van der Waals surface area contributed by atoms with Gasteiger partial charge in [0.15, 0.2) is 0 Å². The van der Waals surface area contributed by atoms with Gasteiger partial charge in [-0.05, 0) is 29.8 Å². The summed E-state index contributed by atoms with van der Waals surface area (Å²) in [6.45, 7) is 0. The molecule has 0 saturated heterocycles. The Hall–Kier alpha value is -3.15. The van der Waals surface area contributed by atoms with Gasteiger partial charge in [0.2, 0.25) is 0 Å². The number of amides is 1. The van der Waals surface area contributed by atoms with Crippen LogP contribution in [0.1, 0.15) is 15.9 Å². The molecule has 6 nitrogen and oxygen atoms in total. The summed E-state index contributed by atoms with van der Waals surface area (Å²) in [5.74, 6) is -1.56. The number of carbonyl (C=O) groups is 2. The number of hydrogen-bond donors (Lipinski definition) is 3. The Morgan fingerprint density at radius 3 is 2.71 bits per heavy atom. The summed E-state index contributed by atoms with van der Waals surface area (Å²) in [6, 6.07) is 8.01. The van der Waals surface area contributed by atoms with Crippen LogP contribution in [0.4, 0.5) is 5.69 Å². The Balaban J connectivity index is 2.14. The van der Waals surface area contributed by atoms with E-state index in [4.69, 9.17) is 5.11 Å². The maximum absolute atomic E-state index is 12.0. The fraction of sp³-hybridized carbons (Fsp3) is 0. The highest BCUT2D eigenvalue weighted by Crippen LogP contribution is 2.15. The molecule has 0 aliphatic carbocycles. The molecule has 21 heavy (non-hydrogen) atoms. The number of carbonyl (C=O) groups excluding carboxylic acids is 1. The van der Waals surface area contributed by atoms with Crippen LogP contribution in [-0.4, -0.2) is 27.1 Å². The summed E-state index contributed by atoms with van der Waals surface area (Å²) in [6.07, 6.45) is 5.01. The molecule has 1 heterocycles. The average molecular weight is 284 g/mol. The van der Waals surface area contributed by atoms with Gasteiger partial charge in [-0.2, -0.15) is 0 Å². The highest BCUT2D eigenvalue weighted by Gasteiger charge is 2.07. The number of benzene rings is 1. The number of hydrogen-bond acceptors (Lipinski definition) is 4. The monoisotopic (exact) mass is 284 g/mol. The third-order valence-electron chi connectivity index (χ3n) is 2.55. The van der Waals surface area contributed by atoms with Crippen molar-refractivity contribution in [2.45, 2.75) is 0 Å². The van der Waals surface area contributed by atoms with Crippen molar-refractivity contribution < 1.29 is 19.8 Å². The molecule has 1 aromatic heterocycles. The summed E-state index contributed by atoms with van der Waals surface area (Å²) in [4.78, 5) is 26.2. The van der Waals surface area contributed by atoms with E-state index < -0.39 is 11.9 Å². The fourth-order valence-corrected chi connectivity index (χ4v) is 1.64. The van der Waals surface area contributed by atoms with Crippen molar-refractivity contribution in [1.29, 1.82) is 0 Å². The van der Waals surface area contributed by atoms with Gasteiger partial charge in [-0.25, -0.2) is 4.79 Å². The normalized spacial score (nSPS) is 10.5. The van der Waals surface area contributed by atoms with Crippen molar-refractivity contribution in [1.82, 2.24) is 4.98 Å². The maximum Gasteiger partial charge on any atom is 0.328 e. The Labute approximate surface area is 120 Å². The van der Waals surface area contributed by atoms with Crippen LogP contribution in [-0.2, 0) is 4.79 Å². The van der Waals surface area contributed by atoms with Gasteiger partial charge < -0.3 is 15.5 Å². The first-order chi connectivity index (χ1) is 10.0. The second-order valence-electron chi connectivity index (χ2n) is 4.18. The van der Waals surface area contributed by atoms with E-state index in [1.54, 1.807) is 24.3 Å². The zero-order chi connectivity index (χ0) is 15.2. The molecule has 0 radical (unpaired) electrons. The van der Waals surface area contributed by atoms with Crippen molar-refractivity contribution in [2.75, 3.05) is 5.32 Å². The zero-order valence-corrected chi connectivity index (χ0v) is 10.9. The number of rotatable bonds is 4. The number of anilines is 1. The van der Waals surface area contributed by atoms with E-state index in [1.165, 1.54) is 24.5 Å². The third-order valence-corrected chi connectivity index (χ3v) is 2.55. The van der Waals surface area contributed by atoms with E-state index in [-0.39, 0.29) is 11.3 Å². The molecule has 0 aliphatic heterocycles. The predicted molar refractivity (Wildman–Crippen MR) is 77.0 cm³/mol. The molecular formula is C15H12N2O4. The highest BCUT2D eigenvalue weighted by atomic mass is 16.4. The first-order valence-corrected chi connectivity index (χ1v) is 6.01. The largest absolute Gasteiger partial charge is 0.506 e. The van der Waals surface area contributed by atoms with Gasteiger partial charge in [0, 0.05) is 18.0 Å². The first-order valence-electron chi connectivity index (χ1n) is 6.01. The van der Waals surface area contributed by atoms with Crippen molar-refractivity contribution in [3.8, 4) is 5.75 Å². The van der Waals surface area contributed by atoms with Crippen LogP contribution in [0.5, 0.6) is 5.75 Å². The summed E-state index contributed by atoms with van der Waals surface area (Å²) >= 11 is 0. The standard InChI is InChI=1S/C15H12N2O4/c18-13-7-11(8-16-9-13)15(21)17-12-3-1-2-10(6-12)4-5-14(19)20/h1-9,18H,(H,17,21)(H,19,20)/b5-4+. The molecule has 3 N–H and O–H groups in total. The average Bonchev–Trinajstić information content (AvgIpc) is 2.45. The van der Waals surface area contributed by atoms with Gasteiger partial charge in [-0.15, -0.1) is 0 Å². The van der Waals surface area contributed by atoms with Gasteiger partial charge in [0.05, 0.1) is 11.8 Å². The highest BCUT2D eigenvalue weighted by molar-refractivity contribution is 6.04. The molecule has 0 saturated carbocycles. The molecule has 2 aromatic rings. The predicted octanol–water partition coefficient (Wildman–Crippen LogP) is 2.14. The number of nitrogens with one attached hydrogen (secondary N) is 1. The minimum absolute atomic E-state index is 0.0965. The lowest BCUT2D eigenvalue weighted by molar-refractivity contribution is -0.131. The van der Waals surface area contributed by atoms with Gasteiger partial charge in [0.1, 0.15) is 5.75 Å². The molecule has 106 valence electrons. The maximum atomic E-state index is 12.0. The number of carboxylic acid groups (broad SMARTS) is 1. The van der Waals surface area contributed by atoms with Gasteiger partial charge >= 0.3 is 5.97 Å². The van der Waals surface area contributed by atoms with Crippen molar-refractivity contribution in [3.05, 3.63) is 59.9 Å². The number of carboxylic acids is 1. The van der Waals surface area contributed by atoms with Crippen LogP contribution in [0.25, 0.3) is 6.08 Å². The minimum atomic E-state index is -1.05. The van der Waals surface area contributed by atoms with Crippen molar-refractivity contribution in [2.24, 2.45) is 0 Å². The molecule has 6 heteroatoms. The van der Waals surface area contributed by atoms with Crippen LogP contribution in [0.2, 0.25) is 0 Å². The Morgan fingerprint density at radius 1 is 1.19 bits per heavy atom. The Bertz CT molecular complexity index is 710. The lowest BCUT2D eigenvalue weighted by Gasteiger charge is -2.06. The van der Waals surface area contributed by atoms with Gasteiger partial charge in [-0.3, -0.25) is 9.78 Å². The molecule has 0 bridgehead atoms. The van der Waals surface area contributed by atoms with Gasteiger partial charge in [0.25, 0.3) is 5.91 Å². The molecule has 0 unspecified atom stereocenters. The van der Waals surface area contributed by atoms with E-state index in [0.717, 1.165) is 6.08 Å². The smallest absolute Gasteiger partial charge is 0.328 e. The van der Waals surface area contributed by atoms with Crippen LogP contribution < -0.4 is 5.32 Å². The van der Waals surface area contributed by atoms with Gasteiger partial charge in [-0.1, -0.05) is 12.1 Å². The lowest BCUT2D eigenvalue weighted by atomic mass is 10.1. The van der Waals surface area contributed by atoms with E-state index >= 15 is 0 Å². The van der Waals surface area contributed by atoms with E-state index in [2.05, 4.69) is 10.3 Å². The zero-order valence-electron chi connectivity index (χ0n) is 10.9. The number of nitrogens with zero attached hydrogens (tertiary/aromatic N) is 1. The molecule has 0 fully saturated rings. The number of aliphatic carboxylic acids is 1. The number of pyridine rings is 1. The molecule has 2 rings (SSSR count). The van der Waals surface area contributed by atoms with Crippen LogP contribution in [0.3, 0.4) is 0 Å². The summed E-state index contributed by atoms with van der Waals surface area (Å²) < 4.78 is 0. The minimum Gasteiger partial charge on any atom is -0.506 e. The van der Waals surface area contributed by atoms with Crippen molar-refractivity contribution in [3.63, 3.8) is 0 Å². The van der Waals surface area contributed by atoms with E-state index in [9.17, 15) is 14.7 Å². The molecule has 0 spiro atoms. The molecule has 0 aliphatic rings. The third kappa shape index (κ3) is 4.17.